The highest BCUT2D eigenvalue weighted by Crippen LogP contribution is 2.41. The van der Waals surface area contributed by atoms with Crippen LogP contribution in [0.1, 0.15) is 97.4 Å². The smallest absolute Gasteiger partial charge is 0.416 e. The van der Waals surface area contributed by atoms with Crippen LogP contribution in [-0.4, -0.2) is 34.9 Å². The topological polar surface area (TPSA) is 78.8 Å². The predicted octanol–water partition coefficient (Wildman–Crippen LogP) is 8.60. The molecule has 6 rings (SSSR count). The quantitative estimate of drug-likeness (QED) is 0.261. The second-order valence-electron chi connectivity index (χ2n) is 12.4. The summed E-state index contributed by atoms with van der Waals surface area (Å²) in [5.41, 5.74) is 0.621. The Hall–Kier alpha value is -3.36. The molecule has 2 fully saturated rings. The van der Waals surface area contributed by atoms with Gasteiger partial charge in [0, 0.05) is 23.6 Å². The number of benzene rings is 3. The summed E-state index contributed by atoms with van der Waals surface area (Å²) < 4.78 is 45.3. The van der Waals surface area contributed by atoms with Crippen molar-refractivity contribution in [1.29, 1.82) is 0 Å². The van der Waals surface area contributed by atoms with Gasteiger partial charge in [-0.05, 0) is 73.1 Å². The molecule has 0 radical (unpaired) electrons. The second kappa shape index (κ2) is 14.6. The maximum absolute atomic E-state index is 13.2. The molecule has 1 unspecified atom stereocenters. The van der Waals surface area contributed by atoms with Crippen LogP contribution in [0.2, 0.25) is 0 Å². The zero-order valence-electron chi connectivity index (χ0n) is 25.0. The third-order valence-corrected chi connectivity index (χ3v) is 9.14. The number of carbonyl (C=O) groups is 1. The zero-order chi connectivity index (χ0) is 31.1. The summed E-state index contributed by atoms with van der Waals surface area (Å²) in [7, 11) is 0. The van der Waals surface area contributed by atoms with Gasteiger partial charge in [0.2, 0.25) is 0 Å². The molecule has 8 heteroatoms. The Morgan fingerprint density at radius 2 is 1.48 bits per heavy atom. The highest BCUT2D eigenvalue weighted by molar-refractivity contribution is 5.96. The van der Waals surface area contributed by atoms with E-state index >= 15 is 0 Å². The van der Waals surface area contributed by atoms with Crippen molar-refractivity contribution in [2.45, 2.75) is 95.0 Å². The molecule has 236 valence electrons. The Morgan fingerprint density at radius 3 is 2.07 bits per heavy atom. The van der Waals surface area contributed by atoms with Crippen molar-refractivity contribution in [2.75, 3.05) is 6.61 Å². The summed E-state index contributed by atoms with van der Waals surface area (Å²) in [4.78, 5) is 11.6. The fourth-order valence-electron chi connectivity index (χ4n) is 6.72. The van der Waals surface area contributed by atoms with Crippen molar-refractivity contribution >= 4 is 5.97 Å². The third-order valence-electron chi connectivity index (χ3n) is 9.14. The van der Waals surface area contributed by atoms with Crippen molar-refractivity contribution in [3.05, 3.63) is 89.0 Å². The normalized spacial score (nSPS) is 21.0. The minimum absolute atomic E-state index is 0.0605. The molecular weight excluding hydrogens is 567 g/mol. The first kappa shape index (κ1) is 32.0. The molecule has 0 saturated heterocycles. The molecule has 3 aromatic rings. The highest BCUT2D eigenvalue weighted by atomic mass is 19.4. The van der Waals surface area contributed by atoms with E-state index in [1.54, 1.807) is 6.07 Å². The third kappa shape index (κ3) is 8.21. The lowest BCUT2D eigenvalue weighted by molar-refractivity contribution is -0.137. The number of halogens is 3. The number of rotatable bonds is 6. The fourth-order valence-corrected chi connectivity index (χ4v) is 6.72. The predicted molar refractivity (Wildman–Crippen MR) is 165 cm³/mol. The van der Waals surface area contributed by atoms with Gasteiger partial charge in [-0.1, -0.05) is 81.0 Å². The van der Waals surface area contributed by atoms with Gasteiger partial charge in [0.05, 0.1) is 23.8 Å². The van der Waals surface area contributed by atoms with Gasteiger partial charge < -0.3 is 20.3 Å². The van der Waals surface area contributed by atoms with Crippen LogP contribution in [0.5, 0.6) is 5.75 Å². The number of nitrogens with one attached hydrogen (secondary N) is 1. The van der Waals surface area contributed by atoms with Crippen molar-refractivity contribution < 1.29 is 32.9 Å². The summed E-state index contributed by atoms with van der Waals surface area (Å²) in [6.07, 6.45) is 9.77. The lowest BCUT2D eigenvalue weighted by atomic mass is 9.87. The van der Waals surface area contributed by atoms with Gasteiger partial charge in [0.25, 0.3) is 0 Å². The van der Waals surface area contributed by atoms with E-state index in [1.165, 1.54) is 76.3 Å². The second-order valence-corrected chi connectivity index (χ2v) is 12.4. The largest absolute Gasteiger partial charge is 0.493 e. The van der Waals surface area contributed by atoms with E-state index in [-0.39, 0.29) is 29.2 Å². The maximum atomic E-state index is 13.2. The molecule has 0 amide bonds. The van der Waals surface area contributed by atoms with Crippen LogP contribution in [0.4, 0.5) is 13.2 Å². The van der Waals surface area contributed by atoms with Crippen molar-refractivity contribution in [2.24, 2.45) is 5.92 Å². The lowest BCUT2D eigenvalue weighted by Crippen LogP contribution is -2.40. The molecule has 0 spiro atoms. The SMILES string of the molecule is C1CCC(NC2CCCCC2)CC1.O=C(O)c1ccc(C(F)(F)F)cc1-c1ccc2c(c1)OCC(Cc1ccccc1)[C@H]2O. The standard InChI is InChI=1S/C24H19F3O4.C12H23N/c25-24(26,27)17-7-9-18(23(29)30)20(12-17)15-6-8-19-21(11-15)31-13-16(22(19)28)10-14-4-2-1-3-5-14;1-3-7-11(8-4-1)13-12-9-5-2-6-10-12/h1-9,11-12,16,22,28H,10,13H2,(H,29,30);11-13H,1-10H2/t16?,22-;/m1./s1. The van der Waals surface area contributed by atoms with E-state index in [9.17, 15) is 28.2 Å². The molecule has 3 aliphatic rings. The van der Waals surface area contributed by atoms with Gasteiger partial charge in [0.15, 0.2) is 0 Å². The van der Waals surface area contributed by atoms with Gasteiger partial charge in [-0.3, -0.25) is 0 Å². The highest BCUT2D eigenvalue weighted by Gasteiger charge is 2.33. The van der Waals surface area contributed by atoms with Gasteiger partial charge in [-0.25, -0.2) is 4.79 Å². The van der Waals surface area contributed by atoms with E-state index in [2.05, 4.69) is 5.32 Å². The van der Waals surface area contributed by atoms with Crippen LogP contribution in [-0.2, 0) is 12.6 Å². The molecule has 1 aliphatic heterocycles. The monoisotopic (exact) mass is 609 g/mol. The molecule has 0 aromatic heterocycles. The number of hydrogen-bond donors (Lipinski definition) is 3. The first-order valence-corrected chi connectivity index (χ1v) is 15.9. The number of fused-ring (bicyclic) bond motifs is 1. The Bertz CT molecular complexity index is 1370. The average Bonchev–Trinajstić information content (AvgIpc) is 3.03. The minimum Gasteiger partial charge on any atom is -0.493 e. The first-order chi connectivity index (χ1) is 21.2. The number of carboxylic acid groups (broad SMARTS) is 1. The Labute approximate surface area is 257 Å². The summed E-state index contributed by atoms with van der Waals surface area (Å²) >= 11 is 0. The number of hydrogen-bond acceptors (Lipinski definition) is 4. The summed E-state index contributed by atoms with van der Waals surface area (Å²) in [5.74, 6) is -1.17. The average molecular weight is 610 g/mol. The number of carboxylic acids is 1. The Morgan fingerprint density at radius 1 is 0.841 bits per heavy atom. The van der Waals surface area contributed by atoms with Crippen LogP contribution in [0.3, 0.4) is 0 Å². The first-order valence-electron chi connectivity index (χ1n) is 15.9. The van der Waals surface area contributed by atoms with Crippen LogP contribution in [0, 0.1) is 5.92 Å². The van der Waals surface area contributed by atoms with Crippen LogP contribution >= 0.6 is 0 Å². The number of aromatic carboxylic acids is 1. The van der Waals surface area contributed by atoms with Gasteiger partial charge in [0.1, 0.15) is 5.75 Å². The van der Waals surface area contributed by atoms with E-state index in [1.807, 2.05) is 30.3 Å². The lowest BCUT2D eigenvalue weighted by Gasteiger charge is -2.31. The van der Waals surface area contributed by atoms with E-state index < -0.39 is 23.8 Å². The summed E-state index contributed by atoms with van der Waals surface area (Å²) in [6.45, 7) is 0.237. The summed E-state index contributed by atoms with van der Waals surface area (Å²) in [5, 5.41) is 24.1. The van der Waals surface area contributed by atoms with Crippen molar-refractivity contribution in [3.8, 4) is 16.9 Å². The molecule has 2 aliphatic carbocycles. The number of ether oxygens (including phenoxy) is 1. The number of aliphatic hydroxyl groups excluding tert-OH is 1. The maximum Gasteiger partial charge on any atom is 0.416 e. The van der Waals surface area contributed by atoms with E-state index in [0.29, 0.717) is 17.7 Å². The molecule has 1 heterocycles. The van der Waals surface area contributed by atoms with Gasteiger partial charge >= 0.3 is 12.1 Å². The zero-order valence-corrected chi connectivity index (χ0v) is 25.0. The number of alkyl halides is 3. The molecule has 2 atom stereocenters. The van der Waals surface area contributed by atoms with E-state index in [4.69, 9.17) is 4.74 Å². The minimum atomic E-state index is -4.60. The molecule has 2 saturated carbocycles. The van der Waals surface area contributed by atoms with Gasteiger partial charge in [-0.2, -0.15) is 13.2 Å². The van der Waals surface area contributed by atoms with Crippen LogP contribution < -0.4 is 10.1 Å². The summed E-state index contributed by atoms with van der Waals surface area (Å²) in [6, 6.07) is 18.5. The molecule has 3 aromatic carbocycles. The number of aliphatic hydroxyl groups is 1. The Kier molecular flexibility index (Phi) is 10.6. The molecule has 3 N–H and O–H groups in total. The van der Waals surface area contributed by atoms with Crippen LogP contribution in [0.15, 0.2) is 66.7 Å². The molecule has 0 bridgehead atoms. The van der Waals surface area contributed by atoms with Crippen LogP contribution in [0.25, 0.3) is 11.1 Å². The van der Waals surface area contributed by atoms with Crippen molar-refractivity contribution in [3.63, 3.8) is 0 Å². The molecule has 5 nitrogen and oxygen atoms in total. The fraction of sp³-hybridized carbons (Fsp3) is 0.472. The molecule has 44 heavy (non-hydrogen) atoms. The van der Waals surface area contributed by atoms with E-state index in [0.717, 1.165) is 35.8 Å². The Balaban J connectivity index is 0.000000245. The van der Waals surface area contributed by atoms with Crippen molar-refractivity contribution in [1.82, 2.24) is 5.32 Å². The molecular formula is C36H42F3NO4. The van der Waals surface area contributed by atoms with Gasteiger partial charge in [-0.15, -0.1) is 0 Å².